The van der Waals surface area contributed by atoms with Gasteiger partial charge in [-0.3, -0.25) is 9.79 Å². The molecule has 1 aromatic heterocycles. The van der Waals surface area contributed by atoms with Crippen LogP contribution in [0, 0.1) is 6.92 Å². The van der Waals surface area contributed by atoms with Crippen LogP contribution in [0.5, 0.6) is 0 Å². The second-order valence-corrected chi connectivity index (χ2v) is 7.22. The Labute approximate surface area is 195 Å². The third-order valence-corrected chi connectivity index (χ3v) is 4.70. The van der Waals surface area contributed by atoms with Gasteiger partial charge in [0.2, 0.25) is 0 Å². The number of halogens is 3. The van der Waals surface area contributed by atoms with Crippen molar-refractivity contribution in [1.82, 2.24) is 9.97 Å². The van der Waals surface area contributed by atoms with Gasteiger partial charge in [0, 0.05) is 34.9 Å². The van der Waals surface area contributed by atoms with Gasteiger partial charge >= 0.3 is 6.18 Å². The molecule has 1 amide bonds. The molecule has 1 heterocycles. The van der Waals surface area contributed by atoms with E-state index in [1.165, 1.54) is 12.1 Å². The van der Waals surface area contributed by atoms with E-state index in [-0.39, 0.29) is 5.56 Å². The van der Waals surface area contributed by atoms with Crippen molar-refractivity contribution in [1.29, 1.82) is 0 Å². The summed E-state index contributed by atoms with van der Waals surface area (Å²) in [6.07, 6.45) is 2.26. The molecule has 0 spiro atoms. The summed E-state index contributed by atoms with van der Waals surface area (Å²) in [5.41, 5.74) is 1.64. The molecule has 0 radical (unpaired) electrons. The third-order valence-electron chi connectivity index (χ3n) is 4.70. The summed E-state index contributed by atoms with van der Waals surface area (Å²) < 4.78 is 38.9. The quantitative estimate of drug-likeness (QED) is 0.312. The lowest BCUT2D eigenvalue weighted by Crippen LogP contribution is -2.14. The largest absolute Gasteiger partial charge is 0.416 e. The minimum absolute atomic E-state index is 0.0931. The lowest BCUT2D eigenvalue weighted by Gasteiger charge is -2.13. The van der Waals surface area contributed by atoms with Crippen molar-refractivity contribution in [2.45, 2.75) is 20.0 Å². The van der Waals surface area contributed by atoms with Gasteiger partial charge in [-0.2, -0.15) is 13.2 Å². The fourth-order valence-electron chi connectivity index (χ4n) is 3.03. The second-order valence-electron chi connectivity index (χ2n) is 7.22. The average Bonchev–Trinajstić information content (AvgIpc) is 2.81. The average molecular weight is 465 g/mol. The van der Waals surface area contributed by atoms with E-state index in [2.05, 4.69) is 32.3 Å². The van der Waals surface area contributed by atoms with E-state index in [1.54, 1.807) is 36.7 Å². The number of aliphatic imine (C=N–C) groups is 1. The summed E-state index contributed by atoms with van der Waals surface area (Å²) >= 11 is 0. The molecule has 174 valence electrons. The Kier molecular flexibility index (Phi) is 7.57. The summed E-state index contributed by atoms with van der Waals surface area (Å²) in [6, 6.07) is 11.1. The molecular formula is C25H22F3N5O. The van der Waals surface area contributed by atoms with Crippen LogP contribution in [0.15, 0.2) is 78.1 Å². The highest BCUT2D eigenvalue weighted by molar-refractivity contribution is 6.04. The molecule has 9 heteroatoms. The van der Waals surface area contributed by atoms with Crippen LogP contribution in [0.1, 0.15) is 34.2 Å². The number of nitrogens with zero attached hydrogens (tertiary/aromatic N) is 3. The molecule has 0 unspecified atom stereocenters. The van der Waals surface area contributed by atoms with E-state index >= 15 is 0 Å². The molecule has 3 aromatic rings. The van der Waals surface area contributed by atoms with Crippen LogP contribution < -0.4 is 10.6 Å². The van der Waals surface area contributed by atoms with Gasteiger partial charge in [0.25, 0.3) is 5.91 Å². The normalized spacial score (nSPS) is 12.0. The lowest BCUT2D eigenvalue weighted by molar-refractivity contribution is -0.137. The van der Waals surface area contributed by atoms with Gasteiger partial charge in [-0.25, -0.2) is 9.97 Å². The van der Waals surface area contributed by atoms with Crippen molar-refractivity contribution in [3.63, 3.8) is 0 Å². The lowest BCUT2D eigenvalue weighted by atomic mass is 10.1. The second kappa shape index (κ2) is 10.6. The van der Waals surface area contributed by atoms with E-state index in [1.807, 2.05) is 26.0 Å². The topological polar surface area (TPSA) is 79.3 Å². The summed E-state index contributed by atoms with van der Waals surface area (Å²) in [5.74, 6) is 0.305. The predicted molar refractivity (Wildman–Crippen MR) is 128 cm³/mol. The Hall–Kier alpha value is -4.27. The van der Waals surface area contributed by atoms with Gasteiger partial charge in [0.1, 0.15) is 5.82 Å². The van der Waals surface area contributed by atoms with Crippen molar-refractivity contribution in [2.75, 3.05) is 10.6 Å². The number of nitrogens with one attached hydrogen (secondary N) is 2. The molecule has 0 saturated heterocycles. The Morgan fingerprint density at radius 2 is 1.94 bits per heavy atom. The first kappa shape index (κ1) is 24.4. The van der Waals surface area contributed by atoms with Gasteiger partial charge in [0.05, 0.1) is 5.56 Å². The summed E-state index contributed by atoms with van der Waals surface area (Å²) in [5, 5.41) is 5.82. The number of aryl methyl sites for hydroxylation is 1. The van der Waals surface area contributed by atoms with Crippen molar-refractivity contribution in [2.24, 2.45) is 4.99 Å². The molecular weight excluding hydrogens is 443 g/mol. The molecule has 3 rings (SSSR count). The molecule has 2 aromatic carbocycles. The summed E-state index contributed by atoms with van der Waals surface area (Å²) in [7, 11) is 0. The number of rotatable bonds is 7. The Balaban J connectivity index is 1.83. The minimum atomic E-state index is -4.53. The molecule has 0 aliphatic heterocycles. The number of carbonyl (C=O) groups is 1. The maximum Gasteiger partial charge on any atom is 0.416 e. The van der Waals surface area contributed by atoms with Crippen molar-refractivity contribution >= 4 is 35.4 Å². The number of benzene rings is 2. The van der Waals surface area contributed by atoms with Crippen LogP contribution >= 0.6 is 0 Å². The predicted octanol–water partition coefficient (Wildman–Crippen LogP) is 6.42. The van der Waals surface area contributed by atoms with Gasteiger partial charge in [-0.15, -0.1) is 0 Å². The molecule has 2 N–H and O–H groups in total. The SMILES string of the molecule is C=NC=C(C=CC)c1nccc(Nc2cc(NC(=O)c3cccc(C(F)(F)F)c3)ccc2C)n1. The highest BCUT2D eigenvalue weighted by Gasteiger charge is 2.30. The fourth-order valence-corrected chi connectivity index (χ4v) is 3.03. The highest BCUT2D eigenvalue weighted by Crippen LogP contribution is 2.30. The van der Waals surface area contributed by atoms with Gasteiger partial charge in [-0.1, -0.05) is 24.3 Å². The van der Waals surface area contributed by atoms with Crippen molar-refractivity contribution < 1.29 is 18.0 Å². The summed E-state index contributed by atoms with van der Waals surface area (Å²) in [4.78, 5) is 25.1. The fraction of sp³-hybridized carbons (Fsp3) is 0.120. The molecule has 6 nitrogen and oxygen atoms in total. The number of carbonyl (C=O) groups excluding carboxylic acids is 1. The molecule has 0 fully saturated rings. The Morgan fingerprint density at radius 3 is 2.65 bits per heavy atom. The number of allylic oxidation sites excluding steroid dienone is 3. The number of hydrogen-bond acceptors (Lipinski definition) is 5. The number of hydrogen-bond donors (Lipinski definition) is 2. The zero-order valence-electron chi connectivity index (χ0n) is 18.5. The summed E-state index contributed by atoms with van der Waals surface area (Å²) in [6.45, 7) is 7.19. The van der Waals surface area contributed by atoms with Crippen molar-refractivity contribution in [3.05, 3.63) is 95.6 Å². The van der Waals surface area contributed by atoms with E-state index in [9.17, 15) is 18.0 Å². The Bertz CT molecular complexity index is 1270. The zero-order chi connectivity index (χ0) is 24.7. The number of aromatic nitrogens is 2. The number of amides is 1. The first-order valence-electron chi connectivity index (χ1n) is 10.2. The van der Waals surface area contributed by atoms with Gasteiger partial charge in [0.15, 0.2) is 5.82 Å². The molecule has 0 saturated carbocycles. The van der Waals surface area contributed by atoms with Gasteiger partial charge < -0.3 is 10.6 Å². The van der Waals surface area contributed by atoms with Crippen LogP contribution in [0.2, 0.25) is 0 Å². The van der Waals surface area contributed by atoms with Crippen LogP contribution in [0.3, 0.4) is 0 Å². The highest BCUT2D eigenvalue weighted by atomic mass is 19.4. The zero-order valence-corrected chi connectivity index (χ0v) is 18.5. The molecule has 0 bridgehead atoms. The van der Waals surface area contributed by atoms with E-state index < -0.39 is 17.6 Å². The third kappa shape index (κ3) is 6.16. The number of alkyl halides is 3. The van der Waals surface area contributed by atoms with E-state index in [0.29, 0.717) is 28.6 Å². The van der Waals surface area contributed by atoms with E-state index in [0.717, 1.165) is 17.7 Å². The number of anilines is 3. The van der Waals surface area contributed by atoms with Crippen LogP contribution in [-0.2, 0) is 6.18 Å². The first-order valence-corrected chi connectivity index (χ1v) is 10.2. The van der Waals surface area contributed by atoms with E-state index in [4.69, 9.17) is 0 Å². The Morgan fingerprint density at radius 1 is 1.15 bits per heavy atom. The molecule has 0 atom stereocenters. The minimum Gasteiger partial charge on any atom is -0.340 e. The van der Waals surface area contributed by atoms with Crippen LogP contribution in [-0.4, -0.2) is 22.6 Å². The maximum absolute atomic E-state index is 13.0. The first-order chi connectivity index (χ1) is 16.2. The maximum atomic E-state index is 13.0. The van der Waals surface area contributed by atoms with Crippen LogP contribution in [0.4, 0.5) is 30.4 Å². The smallest absolute Gasteiger partial charge is 0.340 e. The standard InChI is InChI=1S/C25H22F3N5O/c1-4-6-18(15-29-3)23-30-12-11-22(33-23)32-21-14-20(10-9-16(21)2)31-24(34)17-7-5-8-19(13-17)25(26,27)28/h4-15H,3H2,1-2H3,(H,31,34)(H,30,32,33). The van der Waals surface area contributed by atoms with Gasteiger partial charge in [-0.05, 0) is 62.5 Å². The molecule has 34 heavy (non-hydrogen) atoms. The molecule has 0 aliphatic carbocycles. The monoisotopic (exact) mass is 465 g/mol. The van der Waals surface area contributed by atoms with Crippen LogP contribution in [0.25, 0.3) is 5.57 Å². The molecule has 0 aliphatic rings. The van der Waals surface area contributed by atoms with Crippen molar-refractivity contribution in [3.8, 4) is 0 Å².